The third-order valence-corrected chi connectivity index (χ3v) is 4.96. The van der Waals surface area contributed by atoms with Crippen molar-refractivity contribution in [2.45, 2.75) is 26.4 Å². The van der Waals surface area contributed by atoms with Crippen molar-refractivity contribution in [2.24, 2.45) is 5.92 Å². The molecule has 6 nitrogen and oxygen atoms in total. The number of hydrogen-bond acceptors (Lipinski definition) is 4. The number of carbonyl (C=O) groups is 2. The summed E-state index contributed by atoms with van der Waals surface area (Å²) in [7, 11) is 3.13. The minimum absolute atomic E-state index is 0.0724. The maximum absolute atomic E-state index is 12.7. The van der Waals surface area contributed by atoms with Crippen LogP contribution in [0.4, 0.5) is 0 Å². The Morgan fingerprint density at radius 1 is 1.04 bits per heavy atom. The highest BCUT2D eigenvalue weighted by atomic mass is 79.9. The van der Waals surface area contributed by atoms with Crippen molar-refractivity contribution in [2.75, 3.05) is 14.2 Å². The Morgan fingerprint density at radius 3 is 2.32 bits per heavy atom. The molecule has 0 bridgehead atoms. The predicted molar refractivity (Wildman–Crippen MR) is 112 cm³/mol. The first-order chi connectivity index (χ1) is 13.4. The topological polar surface area (TPSA) is 76.7 Å². The summed E-state index contributed by atoms with van der Waals surface area (Å²) in [5.41, 5.74) is 1.35. The molecule has 0 aliphatic heterocycles. The zero-order valence-electron chi connectivity index (χ0n) is 16.4. The molecule has 2 aromatic rings. The molecule has 0 radical (unpaired) electrons. The van der Waals surface area contributed by atoms with E-state index in [1.165, 1.54) is 0 Å². The van der Waals surface area contributed by atoms with Gasteiger partial charge in [0.25, 0.3) is 5.91 Å². The third-order valence-electron chi connectivity index (χ3n) is 4.27. The highest BCUT2D eigenvalue weighted by Crippen LogP contribution is 2.27. The molecule has 150 valence electrons. The second-order valence-corrected chi connectivity index (χ2v) is 7.44. The predicted octanol–water partition coefficient (Wildman–Crippen LogP) is 3.54. The molecule has 1 atom stereocenters. The SMILES string of the molecule is COc1ccc(CNC(=O)C(NC(=O)c2ccccc2Br)C(C)C)cc1OC. The molecule has 2 rings (SSSR count). The molecule has 2 amide bonds. The van der Waals surface area contributed by atoms with Gasteiger partial charge in [0, 0.05) is 11.0 Å². The van der Waals surface area contributed by atoms with E-state index in [2.05, 4.69) is 26.6 Å². The minimum Gasteiger partial charge on any atom is -0.493 e. The van der Waals surface area contributed by atoms with Gasteiger partial charge in [-0.25, -0.2) is 0 Å². The Labute approximate surface area is 173 Å². The van der Waals surface area contributed by atoms with Crippen molar-refractivity contribution in [1.29, 1.82) is 0 Å². The van der Waals surface area contributed by atoms with Crippen molar-refractivity contribution in [3.63, 3.8) is 0 Å². The summed E-state index contributed by atoms with van der Waals surface area (Å²) in [5.74, 6) is 0.602. The maximum Gasteiger partial charge on any atom is 0.253 e. The molecule has 0 heterocycles. The molecule has 0 aliphatic rings. The molecule has 0 aliphatic carbocycles. The van der Waals surface area contributed by atoms with Gasteiger partial charge in [0.1, 0.15) is 6.04 Å². The van der Waals surface area contributed by atoms with E-state index in [9.17, 15) is 9.59 Å². The Morgan fingerprint density at radius 2 is 1.71 bits per heavy atom. The van der Waals surface area contributed by atoms with Crippen LogP contribution in [-0.4, -0.2) is 32.1 Å². The zero-order chi connectivity index (χ0) is 20.7. The first-order valence-corrected chi connectivity index (χ1v) is 9.70. The molecule has 28 heavy (non-hydrogen) atoms. The van der Waals surface area contributed by atoms with Crippen molar-refractivity contribution >= 4 is 27.7 Å². The fraction of sp³-hybridized carbons (Fsp3) is 0.333. The Balaban J connectivity index is 2.05. The summed E-state index contributed by atoms with van der Waals surface area (Å²) in [4.78, 5) is 25.3. The van der Waals surface area contributed by atoms with E-state index < -0.39 is 6.04 Å². The summed E-state index contributed by atoms with van der Waals surface area (Å²) in [6, 6.07) is 11.9. The van der Waals surface area contributed by atoms with Gasteiger partial charge in [-0.1, -0.05) is 32.0 Å². The molecular formula is C21H25BrN2O4. The van der Waals surface area contributed by atoms with Gasteiger partial charge in [-0.05, 0) is 51.7 Å². The minimum atomic E-state index is -0.653. The van der Waals surface area contributed by atoms with Crippen molar-refractivity contribution < 1.29 is 19.1 Å². The number of halogens is 1. The fourth-order valence-corrected chi connectivity index (χ4v) is 3.15. The lowest BCUT2D eigenvalue weighted by Gasteiger charge is -2.22. The smallest absolute Gasteiger partial charge is 0.253 e. The van der Waals surface area contributed by atoms with Gasteiger partial charge in [0.15, 0.2) is 11.5 Å². The van der Waals surface area contributed by atoms with Crippen LogP contribution in [0, 0.1) is 5.92 Å². The highest BCUT2D eigenvalue weighted by molar-refractivity contribution is 9.10. The van der Waals surface area contributed by atoms with Crippen molar-refractivity contribution in [3.05, 3.63) is 58.1 Å². The largest absolute Gasteiger partial charge is 0.493 e. The average molecular weight is 449 g/mol. The normalized spacial score (nSPS) is 11.6. The first-order valence-electron chi connectivity index (χ1n) is 8.91. The van der Waals surface area contributed by atoms with Gasteiger partial charge in [-0.2, -0.15) is 0 Å². The molecular weight excluding hydrogens is 424 g/mol. The number of amides is 2. The Kier molecular flexibility index (Phi) is 7.87. The molecule has 7 heteroatoms. The number of rotatable bonds is 8. The van der Waals surface area contributed by atoms with E-state index in [1.807, 2.05) is 32.0 Å². The van der Waals surface area contributed by atoms with Gasteiger partial charge in [-0.15, -0.1) is 0 Å². The number of carbonyl (C=O) groups excluding carboxylic acids is 2. The summed E-state index contributed by atoms with van der Waals surface area (Å²) in [6.07, 6.45) is 0. The summed E-state index contributed by atoms with van der Waals surface area (Å²) < 4.78 is 11.2. The van der Waals surface area contributed by atoms with Crippen LogP contribution in [0.3, 0.4) is 0 Å². The van der Waals surface area contributed by atoms with Crippen LogP contribution in [0.5, 0.6) is 11.5 Å². The molecule has 0 saturated carbocycles. The van der Waals surface area contributed by atoms with Crippen LogP contribution < -0.4 is 20.1 Å². The van der Waals surface area contributed by atoms with Crippen LogP contribution >= 0.6 is 15.9 Å². The van der Waals surface area contributed by atoms with Crippen LogP contribution in [0.2, 0.25) is 0 Å². The molecule has 0 fully saturated rings. The van der Waals surface area contributed by atoms with E-state index in [1.54, 1.807) is 38.5 Å². The second-order valence-electron chi connectivity index (χ2n) is 6.58. The number of methoxy groups -OCH3 is 2. The second kappa shape index (κ2) is 10.1. The quantitative estimate of drug-likeness (QED) is 0.647. The van der Waals surface area contributed by atoms with Crippen LogP contribution in [0.1, 0.15) is 29.8 Å². The molecule has 1 unspecified atom stereocenters. The molecule has 2 aromatic carbocycles. The lowest BCUT2D eigenvalue weighted by atomic mass is 10.0. The number of benzene rings is 2. The first kappa shape index (κ1) is 21.8. The van der Waals surface area contributed by atoms with Crippen LogP contribution in [-0.2, 0) is 11.3 Å². The van der Waals surface area contributed by atoms with Crippen molar-refractivity contribution in [3.8, 4) is 11.5 Å². The molecule has 2 N–H and O–H groups in total. The summed E-state index contributed by atoms with van der Waals surface area (Å²) >= 11 is 3.36. The third kappa shape index (κ3) is 5.48. The summed E-state index contributed by atoms with van der Waals surface area (Å²) in [5, 5.41) is 5.70. The lowest BCUT2D eigenvalue weighted by molar-refractivity contribution is -0.124. The molecule has 0 saturated heterocycles. The standard InChI is InChI=1S/C21H25BrN2O4/c1-13(2)19(24-20(25)15-7-5-6-8-16(15)22)21(26)23-12-14-9-10-17(27-3)18(11-14)28-4/h5-11,13,19H,12H2,1-4H3,(H,23,26)(H,24,25). The zero-order valence-corrected chi connectivity index (χ0v) is 18.0. The van der Waals surface area contributed by atoms with E-state index >= 15 is 0 Å². The fourth-order valence-electron chi connectivity index (χ4n) is 2.69. The summed E-state index contributed by atoms with van der Waals surface area (Å²) in [6.45, 7) is 4.09. The number of ether oxygens (including phenoxy) is 2. The van der Waals surface area contributed by atoms with E-state index in [4.69, 9.17) is 9.47 Å². The Hall–Kier alpha value is -2.54. The monoisotopic (exact) mass is 448 g/mol. The number of hydrogen-bond donors (Lipinski definition) is 2. The Bertz CT molecular complexity index is 839. The van der Waals surface area contributed by atoms with E-state index in [0.717, 1.165) is 5.56 Å². The van der Waals surface area contributed by atoms with Crippen LogP contribution in [0.25, 0.3) is 0 Å². The van der Waals surface area contributed by atoms with Crippen LogP contribution in [0.15, 0.2) is 46.9 Å². The van der Waals surface area contributed by atoms with E-state index in [0.29, 0.717) is 28.1 Å². The van der Waals surface area contributed by atoms with Gasteiger partial charge < -0.3 is 20.1 Å². The van der Waals surface area contributed by atoms with E-state index in [-0.39, 0.29) is 17.7 Å². The maximum atomic E-state index is 12.7. The lowest BCUT2D eigenvalue weighted by Crippen LogP contribution is -2.49. The molecule has 0 aromatic heterocycles. The average Bonchev–Trinajstić information content (AvgIpc) is 2.69. The number of nitrogens with one attached hydrogen (secondary N) is 2. The van der Waals surface area contributed by atoms with Crippen molar-refractivity contribution in [1.82, 2.24) is 10.6 Å². The molecule has 0 spiro atoms. The van der Waals surface area contributed by atoms with Gasteiger partial charge >= 0.3 is 0 Å². The highest BCUT2D eigenvalue weighted by Gasteiger charge is 2.25. The van der Waals surface area contributed by atoms with Gasteiger partial charge in [-0.3, -0.25) is 9.59 Å². The van der Waals surface area contributed by atoms with Gasteiger partial charge in [0.05, 0.1) is 19.8 Å². The van der Waals surface area contributed by atoms with Gasteiger partial charge in [0.2, 0.25) is 5.91 Å².